The fourth-order valence-corrected chi connectivity index (χ4v) is 7.48. The molecule has 0 spiro atoms. The molecule has 2 nitrogen and oxygen atoms in total. The van der Waals surface area contributed by atoms with Crippen LogP contribution in [0.25, 0.3) is 0 Å². The van der Waals surface area contributed by atoms with Crippen molar-refractivity contribution in [2.75, 3.05) is 5.75 Å². The largest absolute Gasteiger partial charge is 0.294 e. The van der Waals surface area contributed by atoms with E-state index in [4.69, 9.17) is 0 Å². The number of rotatable bonds is 11. The lowest BCUT2D eigenvalue weighted by molar-refractivity contribution is 0.0991. The minimum Gasteiger partial charge on any atom is -0.294 e. The molecule has 0 N–H and O–H groups in total. The maximum atomic E-state index is 12.8. The fraction of sp³-hybridized carbons (Fsp3) is 0.238. The summed E-state index contributed by atoms with van der Waals surface area (Å²) in [5, 5.41) is 0. The standard InChI is InChI=1S/C22H24B.C20H20O2S/c1-2-3-19-23(20-13-7-4-8-14-20,21-15-9-5-10-16-21)22-17-11-6-12-18-22;21-19(12-15-7-2-4-10-17(15)20(22)13-23)18-11-5-8-14-6-1-3-9-16(14)18/h4-18H,2-3,19H2,1H3;2,4-5,7-8,10-11,23H,1,3,6,9,12-13H2/q-1;/p+1. The van der Waals surface area contributed by atoms with Crippen LogP contribution in [0.3, 0.4) is 0 Å². The van der Waals surface area contributed by atoms with Crippen molar-refractivity contribution in [1.82, 2.24) is 0 Å². The number of carbonyl (C=O) groups excluding carboxylic acids is 2. The average molecular weight is 625 g/mol. The lowest BCUT2D eigenvalue weighted by Crippen LogP contribution is -2.66. The van der Waals surface area contributed by atoms with Gasteiger partial charge in [-0.3, -0.25) is 9.59 Å². The predicted molar refractivity (Wildman–Crippen MR) is 201 cm³/mol. The first kappa shape index (κ1) is 33.2. The zero-order valence-electron chi connectivity index (χ0n) is 27.0. The minimum absolute atomic E-state index is 0.0140. The number of ketones is 2. The Morgan fingerprint density at radius 2 is 1.13 bits per heavy atom. The van der Waals surface area contributed by atoms with E-state index in [1.54, 1.807) is 6.07 Å². The highest BCUT2D eigenvalue weighted by atomic mass is 32.1. The second-order valence-corrected chi connectivity index (χ2v) is 12.8. The SMILES string of the molecule is CCCC[B-](c1ccccc1)(c1ccccc1)c1ccccc1.O=C(C[SH2+])c1ccccc1CC(=O)c1cccc2c1CCCC2. The van der Waals surface area contributed by atoms with Gasteiger partial charge in [0.2, 0.25) is 5.78 Å². The van der Waals surface area contributed by atoms with E-state index in [1.807, 2.05) is 30.3 Å². The van der Waals surface area contributed by atoms with Crippen LogP contribution in [0.5, 0.6) is 0 Å². The monoisotopic (exact) mass is 624 g/mol. The van der Waals surface area contributed by atoms with E-state index in [0.717, 1.165) is 30.4 Å². The van der Waals surface area contributed by atoms with Crippen molar-refractivity contribution >= 4 is 46.7 Å². The van der Waals surface area contributed by atoms with Gasteiger partial charge in [-0.2, -0.15) is 22.7 Å². The zero-order chi connectivity index (χ0) is 32.2. The fourth-order valence-electron chi connectivity index (χ4n) is 7.28. The van der Waals surface area contributed by atoms with E-state index in [-0.39, 0.29) is 23.7 Å². The third-order valence-electron chi connectivity index (χ3n) is 9.62. The number of fused-ring (bicyclic) bond motifs is 1. The number of aryl methyl sites for hydroxylation is 1. The molecule has 5 aromatic carbocycles. The van der Waals surface area contributed by atoms with Gasteiger partial charge in [0.15, 0.2) is 11.5 Å². The van der Waals surface area contributed by atoms with Crippen LogP contribution in [-0.2, 0) is 31.9 Å². The van der Waals surface area contributed by atoms with Gasteiger partial charge in [-0.15, -0.1) is 0 Å². The summed E-state index contributed by atoms with van der Waals surface area (Å²) in [6.07, 6.45) is 7.41. The Morgan fingerprint density at radius 1 is 0.609 bits per heavy atom. The molecule has 0 bridgehead atoms. The molecule has 5 aromatic rings. The molecule has 0 aliphatic heterocycles. The Kier molecular flexibility index (Phi) is 11.9. The van der Waals surface area contributed by atoms with Crippen LogP contribution >= 0.6 is 0 Å². The molecule has 46 heavy (non-hydrogen) atoms. The molecular formula is C42H45BO2S. The highest BCUT2D eigenvalue weighted by Gasteiger charge is 2.29. The van der Waals surface area contributed by atoms with E-state index in [1.165, 1.54) is 53.1 Å². The molecule has 1 aliphatic rings. The number of unbranched alkanes of at least 4 members (excludes halogenated alkanes) is 1. The molecule has 0 unspecified atom stereocenters. The van der Waals surface area contributed by atoms with Gasteiger partial charge in [-0.1, -0.05) is 153 Å². The highest BCUT2D eigenvalue weighted by molar-refractivity contribution is 7.59. The maximum Gasteiger partial charge on any atom is 0.211 e. The van der Waals surface area contributed by atoms with E-state index in [0.29, 0.717) is 5.56 Å². The van der Waals surface area contributed by atoms with Crippen molar-refractivity contribution in [2.45, 2.75) is 58.2 Å². The second kappa shape index (κ2) is 16.4. The molecular weight excluding hydrogens is 579 g/mol. The van der Waals surface area contributed by atoms with Crippen LogP contribution in [0.4, 0.5) is 0 Å². The quantitative estimate of drug-likeness (QED) is 0.0890. The van der Waals surface area contributed by atoms with Crippen LogP contribution in [0.15, 0.2) is 133 Å². The van der Waals surface area contributed by atoms with E-state index in [2.05, 4.69) is 117 Å². The first-order valence-corrected chi connectivity index (χ1v) is 17.5. The molecule has 234 valence electrons. The molecule has 0 fully saturated rings. The summed E-state index contributed by atoms with van der Waals surface area (Å²) in [5.41, 5.74) is 9.15. The molecule has 0 radical (unpaired) electrons. The number of carbonyl (C=O) groups is 2. The van der Waals surface area contributed by atoms with Crippen LogP contribution in [0.1, 0.15) is 70.0 Å². The summed E-state index contributed by atoms with van der Waals surface area (Å²) in [5.74, 6) is 0.393. The van der Waals surface area contributed by atoms with Crippen molar-refractivity contribution in [3.63, 3.8) is 0 Å². The van der Waals surface area contributed by atoms with Crippen LogP contribution < -0.4 is 16.4 Å². The van der Waals surface area contributed by atoms with Gasteiger partial charge in [0.25, 0.3) is 0 Å². The van der Waals surface area contributed by atoms with Gasteiger partial charge in [0, 0.05) is 17.5 Å². The molecule has 0 aromatic heterocycles. The first-order valence-electron chi connectivity index (χ1n) is 16.8. The Balaban J connectivity index is 0.000000181. The van der Waals surface area contributed by atoms with Crippen molar-refractivity contribution < 1.29 is 9.59 Å². The molecule has 6 rings (SSSR count). The molecule has 0 amide bonds. The summed E-state index contributed by atoms with van der Waals surface area (Å²) >= 11 is 3.26. The molecule has 1 aliphatic carbocycles. The highest BCUT2D eigenvalue weighted by Crippen LogP contribution is 2.26. The third kappa shape index (κ3) is 7.62. The molecule has 0 heterocycles. The predicted octanol–water partition coefficient (Wildman–Crippen LogP) is 7.14. The van der Waals surface area contributed by atoms with Gasteiger partial charge >= 0.3 is 0 Å². The summed E-state index contributed by atoms with van der Waals surface area (Å²) in [7, 11) is 0. The Labute approximate surface area is 280 Å². The molecule has 0 atom stereocenters. The van der Waals surface area contributed by atoms with Gasteiger partial charge in [0.05, 0.1) is 6.15 Å². The van der Waals surface area contributed by atoms with Crippen LogP contribution in [0, 0.1) is 0 Å². The number of Topliss-reactive ketones (excluding diaryl/α,β-unsaturated/α-hetero) is 2. The summed E-state index contributed by atoms with van der Waals surface area (Å²) in [6.45, 7) is 2.28. The number of benzene rings is 5. The number of hydrogen-bond donors (Lipinski definition) is 0. The summed E-state index contributed by atoms with van der Waals surface area (Å²) in [4.78, 5) is 24.9. The summed E-state index contributed by atoms with van der Waals surface area (Å²) < 4.78 is 0. The summed E-state index contributed by atoms with van der Waals surface area (Å²) in [6, 6.07) is 46.6. The Morgan fingerprint density at radius 3 is 1.70 bits per heavy atom. The van der Waals surface area contributed by atoms with Crippen molar-refractivity contribution in [2.24, 2.45) is 0 Å². The van der Waals surface area contributed by atoms with Crippen LogP contribution in [-0.4, -0.2) is 23.5 Å². The van der Waals surface area contributed by atoms with Gasteiger partial charge in [-0.05, 0) is 55.0 Å². The van der Waals surface area contributed by atoms with Crippen LogP contribution in [0.2, 0.25) is 6.32 Å². The molecule has 0 saturated heterocycles. The minimum atomic E-state index is -0.913. The second-order valence-electron chi connectivity index (χ2n) is 12.4. The smallest absolute Gasteiger partial charge is 0.211 e. The van der Waals surface area contributed by atoms with Gasteiger partial charge < -0.3 is 0 Å². The maximum absolute atomic E-state index is 12.8. The molecule has 0 saturated carbocycles. The third-order valence-corrected chi connectivity index (χ3v) is 9.94. The van der Waals surface area contributed by atoms with Gasteiger partial charge in [0.1, 0.15) is 0 Å². The number of hydrogen-bond acceptors (Lipinski definition) is 2. The Bertz CT molecular complexity index is 1620. The lowest BCUT2D eigenvalue weighted by Gasteiger charge is -2.43. The lowest BCUT2D eigenvalue weighted by atomic mass is 9.14. The molecule has 4 heteroatoms. The zero-order valence-corrected chi connectivity index (χ0v) is 28.0. The van der Waals surface area contributed by atoms with E-state index >= 15 is 0 Å². The average Bonchev–Trinajstić information content (AvgIpc) is 3.13. The Hall–Kier alpha value is -4.15. The topological polar surface area (TPSA) is 34.1 Å². The van der Waals surface area contributed by atoms with Crippen molar-refractivity contribution in [3.8, 4) is 0 Å². The van der Waals surface area contributed by atoms with Gasteiger partial charge in [-0.25, -0.2) is 0 Å². The van der Waals surface area contributed by atoms with E-state index in [9.17, 15) is 9.59 Å². The van der Waals surface area contributed by atoms with Crippen molar-refractivity contribution in [1.29, 1.82) is 0 Å². The van der Waals surface area contributed by atoms with E-state index < -0.39 is 6.15 Å². The normalized spacial score (nSPS) is 12.4. The van der Waals surface area contributed by atoms with Crippen molar-refractivity contribution in [3.05, 3.63) is 161 Å². The first-order chi connectivity index (χ1) is 22.6.